The summed E-state index contributed by atoms with van der Waals surface area (Å²) in [6.07, 6.45) is -0.652. The smallest absolute Gasteiger partial charge is 0.373 e. The Bertz CT molecular complexity index is 456. The van der Waals surface area contributed by atoms with Crippen LogP contribution in [-0.2, 0) is 13.3 Å². The molecule has 0 aliphatic rings. The van der Waals surface area contributed by atoms with Crippen molar-refractivity contribution in [1.82, 2.24) is 0 Å². The minimum atomic E-state index is -3.65. The third-order valence-electron chi connectivity index (χ3n) is 2.39. The van der Waals surface area contributed by atoms with Gasteiger partial charge in [-0.2, -0.15) is 0 Å². The van der Waals surface area contributed by atoms with Crippen LogP contribution in [0.25, 0.3) is 0 Å². The van der Waals surface area contributed by atoms with E-state index in [4.69, 9.17) is 13.3 Å². The van der Waals surface area contributed by atoms with Gasteiger partial charge in [0.15, 0.2) is 11.6 Å². The predicted octanol–water partition coefficient (Wildman–Crippen LogP) is 2.75. The molecule has 1 rings (SSSR count). The Morgan fingerprint density at radius 3 is 1.70 bits per heavy atom. The molecule has 0 saturated heterocycles. The van der Waals surface area contributed by atoms with Crippen LogP contribution in [0.1, 0.15) is 27.7 Å². The number of hydrogen-bond donors (Lipinski definition) is 0. The highest BCUT2D eigenvalue weighted by Gasteiger charge is 2.47. The molecule has 20 heavy (non-hydrogen) atoms. The van der Waals surface area contributed by atoms with Crippen molar-refractivity contribution >= 4 is 14.0 Å². The van der Waals surface area contributed by atoms with Gasteiger partial charge in [-0.1, -0.05) is 0 Å². The first-order valence-electron chi connectivity index (χ1n) is 6.27. The Hall–Kier alpha value is -0.893. The van der Waals surface area contributed by atoms with Crippen LogP contribution in [0.4, 0.5) is 13.2 Å². The second-order valence-corrected chi connectivity index (χ2v) is 7.37. The number of hydrogen-bond acceptors (Lipinski definition) is 3. The molecule has 3 nitrogen and oxygen atoms in total. The summed E-state index contributed by atoms with van der Waals surface area (Å²) < 4.78 is 57.0. The molecule has 0 heterocycles. The van der Waals surface area contributed by atoms with Crippen molar-refractivity contribution < 1.29 is 26.4 Å². The fourth-order valence-corrected chi connectivity index (χ4v) is 4.37. The molecule has 0 aliphatic carbocycles. The van der Waals surface area contributed by atoms with E-state index in [1.165, 1.54) is 7.11 Å². The van der Waals surface area contributed by atoms with Gasteiger partial charge in [0.05, 0.1) is 5.19 Å². The lowest BCUT2D eigenvalue weighted by atomic mass is 10.3. The molecule has 0 aliphatic heterocycles. The van der Waals surface area contributed by atoms with Crippen molar-refractivity contribution in [2.24, 2.45) is 0 Å². The summed E-state index contributed by atoms with van der Waals surface area (Å²) in [5, 5.41) is -0.207. The molecule has 1 aromatic carbocycles. The van der Waals surface area contributed by atoms with Crippen molar-refractivity contribution in [3.63, 3.8) is 0 Å². The fraction of sp³-hybridized carbons (Fsp3) is 0.538. The van der Waals surface area contributed by atoms with Gasteiger partial charge >= 0.3 is 8.80 Å². The number of benzene rings is 1. The third-order valence-corrected chi connectivity index (χ3v) is 5.53. The van der Waals surface area contributed by atoms with E-state index in [9.17, 15) is 13.2 Å². The maximum atomic E-state index is 14.0. The van der Waals surface area contributed by atoms with E-state index in [2.05, 4.69) is 0 Å². The minimum absolute atomic E-state index is 0.207. The van der Waals surface area contributed by atoms with E-state index >= 15 is 0 Å². The van der Waals surface area contributed by atoms with Crippen LogP contribution in [-0.4, -0.2) is 28.1 Å². The Morgan fingerprint density at radius 2 is 1.30 bits per heavy atom. The van der Waals surface area contributed by atoms with Crippen LogP contribution in [0.3, 0.4) is 0 Å². The fourth-order valence-electron chi connectivity index (χ4n) is 1.74. The standard InChI is InChI=1S/C13H19F3O3Si/c1-8(2)18-20(17-5,19-9(3)4)13-7-11(15)10(14)6-12(13)16/h6-9H,1-5H3. The van der Waals surface area contributed by atoms with Gasteiger partial charge < -0.3 is 13.3 Å². The molecule has 0 fully saturated rings. The quantitative estimate of drug-likeness (QED) is 0.597. The lowest BCUT2D eigenvalue weighted by molar-refractivity contribution is 0.0449. The Kier molecular flexibility index (Phi) is 5.75. The van der Waals surface area contributed by atoms with Crippen molar-refractivity contribution in [2.45, 2.75) is 39.9 Å². The Labute approximate surface area is 118 Å². The Morgan fingerprint density at radius 1 is 0.850 bits per heavy atom. The topological polar surface area (TPSA) is 27.7 Å². The van der Waals surface area contributed by atoms with E-state index in [0.717, 1.165) is 6.07 Å². The van der Waals surface area contributed by atoms with Crippen LogP contribution in [0, 0.1) is 17.5 Å². The van der Waals surface area contributed by atoms with Gasteiger partial charge in [-0.05, 0) is 33.8 Å². The maximum Gasteiger partial charge on any atom is 0.540 e. The maximum absolute atomic E-state index is 14.0. The van der Waals surface area contributed by atoms with Gasteiger partial charge in [0.1, 0.15) is 5.82 Å². The lowest BCUT2D eigenvalue weighted by Crippen LogP contribution is -2.59. The van der Waals surface area contributed by atoms with Crippen LogP contribution >= 0.6 is 0 Å². The summed E-state index contributed by atoms with van der Waals surface area (Å²) in [6, 6.07) is 1.21. The normalized spacial score (nSPS) is 12.5. The summed E-state index contributed by atoms with van der Waals surface area (Å²) >= 11 is 0. The van der Waals surface area contributed by atoms with Gasteiger partial charge in [-0.25, -0.2) is 13.2 Å². The van der Waals surface area contributed by atoms with Crippen LogP contribution in [0.2, 0.25) is 0 Å². The van der Waals surface area contributed by atoms with E-state index in [1.807, 2.05) is 0 Å². The monoisotopic (exact) mass is 308 g/mol. The highest BCUT2D eigenvalue weighted by atomic mass is 28.4. The molecule has 0 unspecified atom stereocenters. The first-order chi connectivity index (χ1) is 9.21. The van der Waals surface area contributed by atoms with Gasteiger partial charge in [0, 0.05) is 25.4 Å². The molecule has 0 radical (unpaired) electrons. The summed E-state index contributed by atoms with van der Waals surface area (Å²) in [5.74, 6) is -3.38. The Balaban J connectivity index is 3.38. The van der Waals surface area contributed by atoms with Crippen molar-refractivity contribution in [1.29, 1.82) is 0 Å². The highest BCUT2D eigenvalue weighted by molar-refractivity contribution is 6.75. The van der Waals surface area contributed by atoms with Gasteiger partial charge in [-0.15, -0.1) is 0 Å². The summed E-state index contributed by atoms with van der Waals surface area (Å²) in [4.78, 5) is 0. The van der Waals surface area contributed by atoms with Gasteiger partial charge in [0.25, 0.3) is 0 Å². The van der Waals surface area contributed by atoms with Crippen LogP contribution in [0.5, 0.6) is 0 Å². The first kappa shape index (κ1) is 17.2. The molecular formula is C13H19F3O3Si. The molecule has 0 atom stereocenters. The molecule has 0 spiro atoms. The largest absolute Gasteiger partial charge is 0.540 e. The average molecular weight is 308 g/mol. The second-order valence-electron chi connectivity index (χ2n) is 4.84. The van der Waals surface area contributed by atoms with E-state index < -0.39 is 26.3 Å². The molecule has 0 aromatic heterocycles. The zero-order chi connectivity index (χ0) is 15.5. The molecule has 0 N–H and O–H groups in total. The third kappa shape index (κ3) is 3.82. The lowest BCUT2D eigenvalue weighted by Gasteiger charge is -2.32. The first-order valence-corrected chi connectivity index (χ1v) is 8.00. The summed E-state index contributed by atoms with van der Waals surface area (Å²) in [6.45, 7) is 6.90. The molecule has 0 amide bonds. The zero-order valence-electron chi connectivity index (χ0n) is 12.2. The summed E-state index contributed by atoms with van der Waals surface area (Å²) in [5.41, 5.74) is 0. The number of rotatable bonds is 6. The van der Waals surface area contributed by atoms with Crippen LogP contribution < -0.4 is 5.19 Å². The molecular weight excluding hydrogens is 289 g/mol. The van der Waals surface area contributed by atoms with Crippen molar-refractivity contribution in [2.75, 3.05) is 7.11 Å². The highest BCUT2D eigenvalue weighted by Crippen LogP contribution is 2.18. The predicted molar refractivity (Wildman–Crippen MR) is 71.2 cm³/mol. The number of halogens is 3. The van der Waals surface area contributed by atoms with E-state index in [0.29, 0.717) is 6.07 Å². The van der Waals surface area contributed by atoms with Crippen LogP contribution in [0.15, 0.2) is 12.1 Å². The molecule has 0 saturated carbocycles. The van der Waals surface area contributed by atoms with Gasteiger partial charge in [-0.3, -0.25) is 0 Å². The molecule has 114 valence electrons. The molecule has 7 heteroatoms. The second kappa shape index (κ2) is 6.71. The molecule has 0 bridgehead atoms. The van der Waals surface area contributed by atoms with Gasteiger partial charge in [0.2, 0.25) is 0 Å². The zero-order valence-corrected chi connectivity index (χ0v) is 13.2. The van der Waals surface area contributed by atoms with E-state index in [1.54, 1.807) is 27.7 Å². The van der Waals surface area contributed by atoms with Crippen molar-refractivity contribution in [3.8, 4) is 0 Å². The van der Waals surface area contributed by atoms with Crippen molar-refractivity contribution in [3.05, 3.63) is 29.6 Å². The minimum Gasteiger partial charge on any atom is -0.373 e. The summed E-state index contributed by atoms with van der Waals surface area (Å²) in [7, 11) is -2.35. The SMILES string of the molecule is CO[Si](OC(C)C)(OC(C)C)c1cc(F)c(F)cc1F. The molecule has 1 aromatic rings. The average Bonchev–Trinajstić information content (AvgIpc) is 2.31. The van der Waals surface area contributed by atoms with E-state index in [-0.39, 0.29) is 17.4 Å².